The number of carbonyl (C=O) groups excluding carboxylic acids is 2. The Morgan fingerprint density at radius 1 is 1.00 bits per heavy atom. The van der Waals surface area contributed by atoms with Crippen LogP contribution >= 0.6 is 11.6 Å². The van der Waals surface area contributed by atoms with Gasteiger partial charge in [0, 0.05) is 22.0 Å². The number of benzene rings is 3. The number of nitrogens with zero attached hydrogens (tertiary/aromatic N) is 1. The number of carbonyl (C=O) groups is 2. The average Bonchev–Trinajstić information content (AvgIpc) is 3.90. The molecule has 236 valence electrons. The summed E-state index contributed by atoms with van der Waals surface area (Å²) in [4.78, 5) is 33.9. The Morgan fingerprint density at radius 3 is 2.31 bits per heavy atom. The summed E-state index contributed by atoms with van der Waals surface area (Å²) >= 11 is 6.17. The zero-order chi connectivity index (χ0) is 32.5. The van der Waals surface area contributed by atoms with E-state index < -0.39 is 48.1 Å². The first-order valence-corrected chi connectivity index (χ1v) is 14.3. The Hall–Kier alpha value is -4.13. The van der Waals surface area contributed by atoms with Gasteiger partial charge in [0.1, 0.15) is 23.4 Å². The van der Waals surface area contributed by atoms with Crippen LogP contribution in [-0.4, -0.2) is 34.1 Å². The molecule has 2 atom stereocenters. The predicted molar refractivity (Wildman–Crippen MR) is 153 cm³/mol. The molecule has 0 radical (unpaired) electrons. The maximum Gasteiger partial charge on any atom is 0.401 e. The van der Waals surface area contributed by atoms with Crippen LogP contribution in [-0.2, 0) is 12.1 Å². The third-order valence-corrected chi connectivity index (χ3v) is 8.93. The van der Waals surface area contributed by atoms with E-state index in [1.54, 1.807) is 25.1 Å². The van der Waals surface area contributed by atoms with Crippen molar-refractivity contribution in [3.63, 3.8) is 0 Å². The summed E-state index contributed by atoms with van der Waals surface area (Å²) in [5, 5.41) is 5.57. The molecule has 1 heterocycles. The van der Waals surface area contributed by atoms with Crippen LogP contribution in [0.25, 0.3) is 11.0 Å². The van der Waals surface area contributed by atoms with Gasteiger partial charge in [-0.2, -0.15) is 26.3 Å². The summed E-state index contributed by atoms with van der Waals surface area (Å²) in [5.74, 6) is -4.84. The fourth-order valence-corrected chi connectivity index (χ4v) is 5.92. The largest absolute Gasteiger partial charge is 0.401 e. The smallest absolute Gasteiger partial charge is 0.341 e. The lowest BCUT2D eigenvalue weighted by molar-refractivity contribution is -0.162. The van der Waals surface area contributed by atoms with Crippen molar-refractivity contribution in [2.75, 3.05) is 10.6 Å². The first kappa shape index (κ1) is 30.9. The maximum atomic E-state index is 13.9. The van der Waals surface area contributed by atoms with Gasteiger partial charge in [-0.3, -0.25) is 9.59 Å². The molecule has 3 N–H and O–H groups in total. The zero-order valence-corrected chi connectivity index (χ0v) is 24.1. The Balaban J connectivity index is 1.40. The van der Waals surface area contributed by atoms with E-state index in [1.165, 1.54) is 30.3 Å². The minimum absolute atomic E-state index is 0.0170. The number of amides is 2. The number of imidazole rings is 1. The molecule has 0 bridgehead atoms. The number of nitrogens with one attached hydrogen (secondary N) is 3. The van der Waals surface area contributed by atoms with Gasteiger partial charge in [0.25, 0.3) is 11.8 Å². The highest BCUT2D eigenvalue weighted by atomic mass is 35.5. The fraction of sp³-hybridized carbons (Fsp3) is 0.323. The van der Waals surface area contributed by atoms with E-state index >= 15 is 0 Å². The van der Waals surface area contributed by atoms with Crippen molar-refractivity contribution in [2.45, 2.75) is 56.5 Å². The summed E-state index contributed by atoms with van der Waals surface area (Å²) in [5.41, 5.74) is -1.92. The number of hydrogen-bond acceptors (Lipinski definition) is 3. The molecule has 0 saturated heterocycles. The molecule has 0 aliphatic heterocycles. The SMILES string of the molecule is Cc1c(Cl)cccc1NC(=O)c1cc(NC(=O)c2cccc(CF)c2C2CC2C(F)(F)F)cc2[nH]c(C3(C(F)(F)F)CC3)nc12. The van der Waals surface area contributed by atoms with E-state index in [0.717, 1.165) is 0 Å². The van der Waals surface area contributed by atoms with E-state index in [4.69, 9.17) is 11.6 Å². The topological polar surface area (TPSA) is 86.9 Å². The molecule has 3 aromatic carbocycles. The predicted octanol–water partition coefficient (Wildman–Crippen LogP) is 8.76. The number of hydrogen-bond donors (Lipinski definition) is 3. The number of alkyl halides is 7. The second-order valence-electron chi connectivity index (χ2n) is 11.4. The molecule has 1 aromatic heterocycles. The number of aromatic amines is 1. The third-order valence-electron chi connectivity index (χ3n) is 8.52. The van der Waals surface area contributed by atoms with Crippen LogP contribution in [0.15, 0.2) is 48.5 Å². The van der Waals surface area contributed by atoms with Crippen molar-refractivity contribution >= 4 is 45.8 Å². The molecule has 0 spiro atoms. The van der Waals surface area contributed by atoms with Crippen LogP contribution in [0.3, 0.4) is 0 Å². The van der Waals surface area contributed by atoms with E-state index in [0.29, 0.717) is 16.3 Å². The Bertz CT molecular complexity index is 1850. The molecule has 4 aromatic rings. The van der Waals surface area contributed by atoms with Crippen molar-refractivity contribution in [1.82, 2.24) is 9.97 Å². The van der Waals surface area contributed by atoms with Crippen LogP contribution in [0, 0.1) is 12.8 Å². The quantitative estimate of drug-likeness (QED) is 0.175. The average molecular weight is 653 g/mol. The highest BCUT2D eigenvalue weighted by molar-refractivity contribution is 6.31. The maximum absolute atomic E-state index is 13.9. The Morgan fingerprint density at radius 2 is 1.69 bits per heavy atom. The molecule has 14 heteroatoms. The van der Waals surface area contributed by atoms with Gasteiger partial charge in [0.2, 0.25) is 0 Å². The molecule has 45 heavy (non-hydrogen) atoms. The standard InChI is InChI=1S/C31H24ClF7N4O2/c1-14-21(32)6-3-7-22(14)41-27(45)19-10-16(11-23-25(19)43-28(42-23)29(8-9-29)31(37,38)39)40-26(44)17-5-2-4-15(13-33)24(17)18-12-20(18)30(34,35)36/h2-7,10-11,18,20H,8-9,12-13H2,1H3,(H,40,44)(H,41,45)(H,42,43). The van der Waals surface area contributed by atoms with E-state index in [9.17, 15) is 40.3 Å². The Kier molecular flexibility index (Phi) is 7.37. The normalized spacial score (nSPS) is 19.0. The van der Waals surface area contributed by atoms with Crippen molar-refractivity contribution in [3.8, 4) is 0 Å². The molecule has 2 unspecified atom stereocenters. The lowest BCUT2D eigenvalue weighted by Crippen LogP contribution is -2.29. The first-order chi connectivity index (χ1) is 21.1. The lowest BCUT2D eigenvalue weighted by atomic mass is 9.95. The van der Waals surface area contributed by atoms with Gasteiger partial charge < -0.3 is 15.6 Å². The van der Waals surface area contributed by atoms with Crippen LogP contribution in [0.2, 0.25) is 5.02 Å². The second kappa shape index (κ2) is 10.7. The van der Waals surface area contributed by atoms with Crippen molar-refractivity contribution in [2.24, 2.45) is 5.92 Å². The number of aromatic nitrogens is 2. The summed E-state index contributed by atoms with van der Waals surface area (Å²) < 4.78 is 95.9. The molecule has 2 fully saturated rings. The third kappa shape index (κ3) is 5.51. The molecule has 2 aliphatic carbocycles. The van der Waals surface area contributed by atoms with Gasteiger partial charge in [-0.1, -0.05) is 29.8 Å². The number of anilines is 2. The van der Waals surface area contributed by atoms with E-state index in [1.807, 2.05) is 0 Å². The summed E-state index contributed by atoms with van der Waals surface area (Å²) in [6.07, 6.45) is -9.82. The minimum atomic E-state index is -4.60. The molecule has 2 amide bonds. The molecular formula is C31H24ClF7N4O2. The molecule has 6 nitrogen and oxygen atoms in total. The summed E-state index contributed by atoms with van der Waals surface area (Å²) in [6, 6.07) is 11.2. The number of halogens is 8. The fourth-order valence-electron chi connectivity index (χ4n) is 5.74. The number of fused-ring (bicyclic) bond motifs is 1. The van der Waals surface area contributed by atoms with Crippen molar-refractivity contribution in [3.05, 3.63) is 87.2 Å². The van der Waals surface area contributed by atoms with Gasteiger partial charge in [-0.25, -0.2) is 9.37 Å². The molecular weight excluding hydrogens is 629 g/mol. The van der Waals surface area contributed by atoms with Gasteiger partial charge in [0.15, 0.2) is 0 Å². The molecule has 2 saturated carbocycles. The lowest BCUT2D eigenvalue weighted by Gasteiger charge is -2.16. The molecule has 6 rings (SSSR count). The summed E-state index contributed by atoms with van der Waals surface area (Å²) in [6.45, 7) is 0.567. The zero-order valence-electron chi connectivity index (χ0n) is 23.4. The molecule has 2 aliphatic rings. The van der Waals surface area contributed by atoms with Crippen molar-refractivity contribution < 1.29 is 40.3 Å². The first-order valence-electron chi connectivity index (χ1n) is 13.9. The van der Waals surface area contributed by atoms with E-state index in [2.05, 4.69) is 20.6 Å². The van der Waals surface area contributed by atoms with Crippen LogP contribution in [0.5, 0.6) is 0 Å². The van der Waals surface area contributed by atoms with Crippen LogP contribution in [0.1, 0.15) is 68.4 Å². The Labute approximate surface area is 256 Å². The number of rotatable bonds is 7. The number of H-pyrrole nitrogens is 1. The highest BCUT2D eigenvalue weighted by Crippen LogP contribution is 2.59. The van der Waals surface area contributed by atoms with Gasteiger partial charge >= 0.3 is 12.4 Å². The van der Waals surface area contributed by atoms with Crippen LogP contribution < -0.4 is 10.6 Å². The summed E-state index contributed by atoms with van der Waals surface area (Å²) in [7, 11) is 0. The monoisotopic (exact) mass is 652 g/mol. The van der Waals surface area contributed by atoms with Crippen molar-refractivity contribution in [1.29, 1.82) is 0 Å². The van der Waals surface area contributed by atoms with Gasteiger partial charge in [0.05, 0.1) is 17.0 Å². The van der Waals surface area contributed by atoms with E-state index in [-0.39, 0.29) is 64.1 Å². The van der Waals surface area contributed by atoms with Gasteiger partial charge in [-0.05, 0) is 79.1 Å². The minimum Gasteiger partial charge on any atom is -0.341 e. The second-order valence-corrected chi connectivity index (χ2v) is 11.8. The van der Waals surface area contributed by atoms with Crippen LogP contribution in [0.4, 0.5) is 42.1 Å². The van der Waals surface area contributed by atoms with Gasteiger partial charge in [-0.15, -0.1) is 0 Å². The highest BCUT2D eigenvalue weighted by Gasteiger charge is 2.66.